The number of hydrogen-bond acceptors (Lipinski definition) is 6. The summed E-state index contributed by atoms with van der Waals surface area (Å²) in [6, 6.07) is 43.6. The fourth-order valence-corrected chi connectivity index (χ4v) is 7.61. The molecule has 0 heterocycles. The Morgan fingerprint density at radius 2 is 0.750 bits per heavy atom. The minimum absolute atomic E-state index is 0.375. The van der Waals surface area contributed by atoms with Crippen LogP contribution >= 0.6 is 0 Å². The van der Waals surface area contributed by atoms with Gasteiger partial charge in [-0.25, -0.2) is 9.59 Å². The standard InChI is InChI=1S/C54H56O6/c1-3-5-7-9-35-57-47-27-19-41(20-28-47)43-23-31-49(32-24-43)59-53(55)51-37-39-11-15-45(51)17-13-40-12-16-46(18-14-39)52(38-40)54(56)60-50-33-25-44(26-34-50)42-21-29-48(30-22-42)58-36-10-8-6-4-2/h11-12,15-16,19-34,37-38H,3-10,13-14,17-18,35-36H2,1-2H3. The molecule has 6 aromatic rings. The highest BCUT2D eigenvalue weighted by Gasteiger charge is 2.20. The molecule has 4 bridgehead atoms. The molecular formula is C54H56O6. The van der Waals surface area contributed by atoms with Crippen LogP contribution in [0.15, 0.2) is 133 Å². The molecule has 308 valence electrons. The van der Waals surface area contributed by atoms with Gasteiger partial charge in [-0.2, -0.15) is 0 Å². The third-order valence-electron chi connectivity index (χ3n) is 11.2. The van der Waals surface area contributed by atoms with Crippen LogP contribution in [0.4, 0.5) is 0 Å². The van der Waals surface area contributed by atoms with E-state index in [0.717, 1.165) is 82.1 Å². The van der Waals surface area contributed by atoms with Crippen LogP contribution in [0.3, 0.4) is 0 Å². The number of carbonyl (C=O) groups excluding carboxylic acids is 2. The van der Waals surface area contributed by atoms with Crippen molar-refractivity contribution in [1.82, 2.24) is 0 Å². The fraction of sp³-hybridized carbons (Fsp3) is 0.296. The highest BCUT2D eigenvalue weighted by Crippen LogP contribution is 2.29. The van der Waals surface area contributed by atoms with E-state index in [1.165, 1.54) is 38.5 Å². The molecule has 0 fully saturated rings. The molecule has 4 aliphatic carbocycles. The van der Waals surface area contributed by atoms with Crippen molar-refractivity contribution in [2.24, 2.45) is 0 Å². The molecule has 0 N–H and O–H groups in total. The second-order valence-electron chi connectivity index (χ2n) is 15.7. The highest BCUT2D eigenvalue weighted by atomic mass is 16.5. The number of hydrogen-bond donors (Lipinski definition) is 0. The molecule has 0 unspecified atom stereocenters. The molecule has 0 saturated carbocycles. The second kappa shape index (κ2) is 21.2. The summed E-state index contributed by atoms with van der Waals surface area (Å²) in [5.41, 5.74) is 9.16. The Labute approximate surface area is 355 Å². The Morgan fingerprint density at radius 3 is 1.10 bits per heavy atom. The maximum Gasteiger partial charge on any atom is 0.343 e. The lowest BCUT2D eigenvalue weighted by molar-refractivity contribution is 0.0724. The van der Waals surface area contributed by atoms with Gasteiger partial charge in [0.05, 0.1) is 24.3 Å². The third kappa shape index (κ3) is 11.5. The Balaban J connectivity index is 0.950. The molecule has 6 nitrogen and oxygen atoms in total. The van der Waals surface area contributed by atoms with Crippen LogP contribution in [0.1, 0.15) is 108 Å². The van der Waals surface area contributed by atoms with Crippen LogP contribution in [0.25, 0.3) is 22.3 Å². The SMILES string of the molecule is CCCCCCOc1ccc(-c2ccc(OC(=O)c3cc4ccc3CCc3ccc(c(C(=O)Oc5ccc(-c6ccc(OCCCCCC)cc6)cc5)c3)CC4)cc2)cc1. The summed E-state index contributed by atoms with van der Waals surface area (Å²) in [4.78, 5) is 27.4. The zero-order valence-electron chi connectivity index (χ0n) is 35.1. The van der Waals surface area contributed by atoms with Gasteiger partial charge in [0, 0.05) is 0 Å². The van der Waals surface area contributed by atoms with Gasteiger partial charge in [0.2, 0.25) is 0 Å². The van der Waals surface area contributed by atoms with E-state index in [1.807, 2.05) is 97.1 Å². The number of ether oxygens (including phenoxy) is 4. The molecule has 0 aromatic heterocycles. The quantitative estimate of drug-likeness (QED) is 0.0490. The minimum Gasteiger partial charge on any atom is -0.494 e. The van der Waals surface area contributed by atoms with E-state index in [9.17, 15) is 9.59 Å². The van der Waals surface area contributed by atoms with E-state index >= 15 is 0 Å². The minimum atomic E-state index is -0.375. The second-order valence-corrected chi connectivity index (χ2v) is 15.7. The lowest BCUT2D eigenvalue weighted by Gasteiger charge is -2.16. The molecule has 4 aliphatic rings. The van der Waals surface area contributed by atoms with Crippen molar-refractivity contribution in [2.45, 2.75) is 90.9 Å². The average molecular weight is 801 g/mol. The largest absolute Gasteiger partial charge is 0.494 e. The first kappa shape index (κ1) is 42.0. The lowest BCUT2D eigenvalue weighted by Crippen LogP contribution is -2.15. The number of aryl methyl sites for hydroxylation is 4. The third-order valence-corrected chi connectivity index (χ3v) is 11.2. The number of benzene rings is 6. The fourth-order valence-electron chi connectivity index (χ4n) is 7.61. The summed E-state index contributed by atoms with van der Waals surface area (Å²) in [5, 5.41) is 0. The van der Waals surface area contributed by atoms with E-state index in [4.69, 9.17) is 18.9 Å². The van der Waals surface area contributed by atoms with Crippen molar-refractivity contribution >= 4 is 11.9 Å². The molecule has 0 spiro atoms. The highest BCUT2D eigenvalue weighted by molar-refractivity contribution is 5.94. The molecule has 6 aromatic carbocycles. The zero-order valence-corrected chi connectivity index (χ0v) is 35.1. The van der Waals surface area contributed by atoms with E-state index in [2.05, 4.69) is 50.2 Å². The molecule has 0 amide bonds. The van der Waals surface area contributed by atoms with Gasteiger partial charge in [-0.05, 0) is 144 Å². The Kier molecular flexibility index (Phi) is 14.9. The number of unbranched alkanes of at least 4 members (excludes halogenated alkanes) is 6. The molecule has 6 heteroatoms. The van der Waals surface area contributed by atoms with Crippen molar-refractivity contribution in [1.29, 1.82) is 0 Å². The summed E-state index contributed by atoms with van der Waals surface area (Å²) in [5.74, 6) is 1.99. The summed E-state index contributed by atoms with van der Waals surface area (Å²) in [6.45, 7) is 5.89. The monoisotopic (exact) mass is 800 g/mol. The summed E-state index contributed by atoms with van der Waals surface area (Å²) < 4.78 is 23.7. The Hall–Kier alpha value is -6.14. The van der Waals surface area contributed by atoms with Gasteiger partial charge in [0.1, 0.15) is 23.0 Å². The molecular weight excluding hydrogens is 745 g/mol. The maximum atomic E-state index is 13.7. The first-order chi connectivity index (χ1) is 29.4. The van der Waals surface area contributed by atoms with Crippen LogP contribution in [0.5, 0.6) is 23.0 Å². The van der Waals surface area contributed by atoms with E-state index in [0.29, 0.717) is 48.3 Å². The maximum absolute atomic E-state index is 13.7. The summed E-state index contributed by atoms with van der Waals surface area (Å²) in [6.07, 6.45) is 12.0. The topological polar surface area (TPSA) is 71.1 Å². The van der Waals surface area contributed by atoms with E-state index in [1.54, 1.807) is 0 Å². The number of esters is 2. The van der Waals surface area contributed by atoms with Crippen LogP contribution in [-0.2, 0) is 25.7 Å². The van der Waals surface area contributed by atoms with Crippen molar-refractivity contribution < 1.29 is 28.5 Å². The summed E-state index contributed by atoms with van der Waals surface area (Å²) in [7, 11) is 0. The number of rotatable bonds is 18. The Bertz CT molecular complexity index is 2140. The lowest BCUT2D eigenvalue weighted by atomic mass is 9.91. The van der Waals surface area contributed by atoms with Gasteiger partial charge in [0.25, 0.3) is 0 Å². The smallest absolute Gasteiger partial charge is 0.343 e. The zero-order chi connectivity index (χ0) is 41.5. The van der Waals surface area contributed by atoms with Gasteiger partial charge >= 0.3 is 11.9 Å². The van der Waals surface area contributed by atoms with Crippen molar-refractivity contribution in [3.63, 3.8) is 0 Å². The van der Waals surface area contributed by atoms with Crippen LogP contribution in [-0.4, -0.2) is 25.2 Å². The molecule has 10 rings (SSSR count). The molecule has 60 heavy (non-hydrogen) atoms. The molecule has 0 saturated heterocycles. The first-order valence-corrected chi connectivity index (χ1v) is 21.8. The van der Waals surface area contributed by atoms with Gasteiger partial charge in [-0.3, -0.25) is 0 Å². The predicted octanol–water partition coefficient (Wildman–Crippen LogP) is 13.3. The van der Waals surface area contributed by atoms with Gasteiger partial charge < -0.3 is 18.9 Å². The van der Waals surface area contributed by atoms with E-state index < -0.39 is 0 Å². The van der Waals surface area contributed by atoms with Crippen molar-refractivity contribution in [3.8, 4) is 45.3 Å². The first-order valence-electron chi connectivity index (χ1n) is 21.8. The van der Waals surface area contributed by atoms with Crippen LogP contribution < -0.4 is 18.9 Å². The molecule has 0 aliphatic heterocycles. The molecule has 0 atom stereocenters. The van der Waals surface area contributed by atoms with Gasteiger partial charge in [0.15, 0.2) is 0 Å². The normalized spacial score (nSPS) is 12.0. The average Bonchev–Trinajstić information content (AvgIpc) is 3.28. The van der Waals surface area contributed by atoms with Gasteiger partial charge in [-0.15, -0.1) is 0 Å². The predicted molar refractivity (Wildman–Crippen MR) is 241 cm³/mol. The summed E-state index contributed by atoms with van der Waals surface area (Å²) >= 11 is 0. The molecule has 0 radical (unpaired) electrons. The van der Waals surface area contributed by atoms with Crippen LogP contribution in [0, 0.1) is 0 Å². The van der Waals surface area contributed by atoms with Crippen LogP contribution in [0.2, 0.25) is 0 Å². The van der Waals surface area contributed by atoms with Crippen molar-refractivity contribution in [2.75, 3.05) is 13.2 Å². The van der Waals surface area contributed by atoms with Crippen molar-refractivity contribution in [3.05, 3.63) is 167 Å². The van der Waals surface area contributed by atoms with E-state index in [-0.39, 0.29) is 11.9 Å². The number of carbonyl (C=O) groups is 2. The Morgan fingerprint density at radius 1 is 0.400 bits per heavy atom. The van der Waals surface area contributed by atoms with Gasteiger partial charge in [-0.1, -0.05) is 125 Å².